The van der Waals surface area contributed by atoms with E-state index in [0.717, 1.165) is 18.9 Å². The molecule has 2 aliphatic carbocycles. The first-order valence-electron chi connectivity index (χ1n) is 11.6. The summed E-state index contributed by atoms with van der Waals surface area (Å²) < 4.78 is 78.6. The normalized spacial score (nSPS) is 29.4. The minimum atomic E-state index is -5.90. The van der Waals surface area contributed by atoms with Crippen LogP contribution in [0.25, 0.3) is 0 Å². The van der Waals surface area contributed by atoms with Crippen LogP contribution in [-0.4, -0.2) is 39.6 Å². The van der Waals surface area contributed by atoms with Crippen molar-refractivity contribution in [3.8, 4) is 0 Å². The van der Waals surface area contributed by atoms with Crippen LogP contribution >= 0.6 is 0 Å². The molecule has 3 nitrogen and oxygen atoms in total. The predicted molar refractivity (Wildman–Crippen MR) is 112 cm³/mol. The molecule has 0 aromatic rings. The van der Waals surface area contributed by atoms with Gasteiger partial charge < -0.3 is 10.2 Å². The van der Waals surface area contributed by atoms with Crippen LogP contribution in [0.4, 0.5) is 26.3 Å². The molecule has 0 radical (unpaired) electrons. The van der Waals surface area contributed by atoms with Gasteiger partial charge in [-0.2, -0.15) is 26.3 Å². The molecule has 0 bridgehead atoms. The highest BCUT2D eigenvalue weighted by Gasteiger charge is 2.69. The van der Waals surface area contributed by atoms with Crippen molar-refractivity contribution in [1.29, 1.82) is 0 Å². The molecular weight excluding hydrogens is 450 g/mol. The van der Waals surface area contributed by atoms with Gasteiger partial charge in [0.05, 0.1) is 5.60 Å². The third-order valence-corrected chi connectivity index (χ3v) is 8.05. The zero-order valence-electron chi connectivity index (χ0n) is 19.7. The van der Waals surface area contributed by atoms with E-state index in [2.05, 4.69) is 0 Å². The van der Waals surface area contributed by atoms with Gasteiger partial charge in [0.15, 0.2) is 0 Å². The van der Waals surface area contributed by atoms with E-state index in [0.29, 0.717) is 38.5 Å². The fourth-order valence-corrected chi connectivity index (χ4v) is 6.27. The highest BCUT2D eigenvalue weighted by atomic mass is 19.4. The molecule has 0 saturated heterocycles. The molecule has 2 N–H and O–H groups in total. The molecule has 2 fully saturated rings. The van der Waals surface area contributed by atoms with Crippen LogP contribution in [0.5, 0.6) is 0 Å². The molecule has 2 rings (SSSR count). The fraction of sp³-hybridized carbons (Fsp3) is 0.875. The standard InChI is InChI=1S/C24H36F6O3/c1-19(2,32)11-6-12-20(3,13-7-15-22(33,23(25,26)27)24(28,29)30)18-10-9-16-17(31)8-5-14-21(16,18)4/h7,15-16,18,32-33H,5-6,8-14H2,1-4H3/t16?,18-,20+,21+/m1/s1. The summed E-state index contributed by atoms with van der Waals surface area (Å²) in [4.78, 5) is 12.5. The maximum Gasteiger partial charge on any atom is 0.429 e. The lowest BCUT2D eigenvalue weighted by molar-refractivity contribution is -0.347. The van der Waals surface area contributed by atoms with Crippen molar-refractivity contribution >= 4 is 5.78 Å². The Bertz CT molecular complexity index is 722. The molecule has 0 aromatic carbocycles. The van der Waals surface area contributed by atoms with E-state index >= 15 is 0 Å². The highest BCUT2D eigenvalue weighted by molar-refractivity contribution is 5.83. The third-order valence-electron chi connectivity index (χ3n) is 8.05. The first-order valence-corrected chi connectivity index (χ1v) is 11.6. The number of halogens is 6. The van der Waals surface area contributed by atoms with Crippen molar-refractivity contribution in [2.24, 2.45) is 22.7 Å². The van der Waals surface area contributed by atoms with Gasteiger partial charge in [-0.1, -0.05) is 26.3 Å². The van der Waals surface area contributed by atoms with E-state index in [9.17, 15) is 41.4 Å². The maximum absolute atomic E-state index is 13.1. The number of carbonyl (C=O) groups is 1. The number of hydrogen-bond donors (Lipinski definition) is 2. The summed E-state index contributed by atoms with van der Waals surface area (Å²) in [6.07, 6.45) is -6.52. The largest absolute Gasteiger partial charge is 0.429 e. The average molecular weight is 487 g/mol. The molecule has 0 spiro atoms. The van der Waals surface area contributed by atoms with Crippen LogP contribution in [-0.2, 0) is 4.79 Å². The van der Waals surface area contributed by atoms with E-state index in [1.807, 2.05) is 13.8 Å². The lowest BCUT2D eigenvalue weighted by atomic mass is 9.56. The number of fused-ring (bicyclic) bond motifs is 1. The maximum atomic E-state index is 13.1. The summed E-state index contributed by atoms with van der Waals surface area (Å²) in [6.45, 7) is 7.15. The van der Waals surface area contributed by atoms with E-state index in [1.165, 1.54) is 0 Å². The molecule has 1 unspecified atom stereocenters. The van der Waals surface area contributed by atoms with Crippen molar-refractivity contribution in [3.05, 3.63) is 12.2 Å². The van der Waals surface area contributed by atoms with Crippen LogP contribution in [0.3, 0.4) is 0 Å². The molecule has 0 amide bonds. The van der Waals surface area contributed by atoms with Gasteiger partial charge in [-0.25, -0.2) is 0 Å². The Kier molecular flexibility index (Phi) is 7.82. The number of allylic oxidation sites excluding steroid dienone is 1. The number of aliphatic hydroxyl groups is 2. The van der Waals surface area contributed by atoms with Gasteiger partial charge in [0.2, 0.25) is 0 Å². The quantitative estimate of drug-likeness (QED) is 0.303. The monoisotopic (exact) mass is 486 g/mol. The van der Waals surface area contributed by atoms with Gasteiger partial charge in [-0.3, -0.25) is 4.79 Å². The number of hydrogen-bond acceptors (Lipinski definition) is 3. The van der Waals surface area contributed by atoms with Crippen molar-refractivity contribution < 1.29 is 41.4 Å². The fourth-order valence-electron chi connectivity index (χ4n) is 6.27. The summed E-state index contributed by atoms with van der Waals surface area (Å²) in [7, 11) is 0. The predicted octanol–water partition coefficient (Wildman–Crippen LogP) is 6.52. The summed E-state index contributed by atoms with van der Waals surface area (Å²) in [5.41, 5.74) is -6.93. The third kappa shape index (κ3) is 5.77. The minimum absolute atomic E-state index is 0.0735. The topological polar surface area (TPSA) is 57.5 Å². The SMILES string of the molecule is CC(C)(O)CCC[C@@](C)(CC=CC(O)(C(F)(F)F)C(F)(F)F)[C@H]1CCC2C(=O)CCC[C@@]21C. The average Bonchev–Trinajstić information content (AvgIpc) is 2.97. The van der Waals surface area contributed by atoms with Gasteiger partial charge in [-0.15, -0.1) is 0 Å². The molecular formula is C24H36F6O3. The summed E-state index contributed by atoms with van der Waals surface area (Å²) >= 11 is 0. The smallest absolute Gasteiger partial charge is 0.390 e. The summed E-state index contributed by atoms with van der Waals surface area (Å²) in [6, 6.07) is 0. The first-order chi connectivity index (χ1) is 14.8. The van der Waals surface area contributed by atoms with Crippen LogP contribution in [0.15, 0.2) is 12.2 Å². The summed E-state index contributed by atoms with van der Waals surface area (Å²) in [5.74, 6) is -0.0316. The molecule has 4 atom stereocenters. The van der Waals surface area contributed by atoms with Gasteiger partial charge in [0.1, 0.15) is 5.78 Å². The second-order valence-electron chi connectivity index (χ2n) is 11.2. The molecule has 2 saturated carbocycles. The van der Waals surface area contributed by atoms with Crippen molar-refractivity contribution in [1.82, 2.24) is 0 Å². The first kappa shape index (κ1) is 28.1. The molecule has 192 valence electrons. The number of Topliss-reactive ketones (excluding diaryl/α,β-unsaturated/α-hetero) is 1. The second-order valence-corrected chi connectivity index (χ2v) is 11.2. The molecule has 0 aromatic heterocycles. The second kappa shape index (κ2) is 9.17. The van der Waals surface area contributed by atoms with Gasteiger partial charge in [-0.05, 0) is 81.6 Å². The van der Waals surface area contributed by atoms with Crippen molar-refractivity contribution in [2.45, 2.75) is 109 Å². The Morgan fingerprint density at radius 2 is 1.58 bits per heavy atom. The lowest BCUT2D eigenvalue weighted by Crippen LogP contribution is -2.55. The van der Waals surface area contributed by atoms with Crippen LogP contribution < -0.4 is 0 Å². The number of ketones is 1. The number of alkyl halides is 6. The number of rotatable bonds is 8. The Labute approximate surface area is 191 Å². The van der Waals surface area contributed by atoms with Crippen molar-refractivity contribution in [3.63, 3.8) is 0 Å². The Morgan fingerprint density at radius 1 is 1.00 bits per heavy atom. The van der Waals surface area contributed by atoms with Crippen molar-refractivity contribution in [2.75, 3.05) is 0 Å². The van der Waals surface area contributed by atoms with Gasteiger partial charge in [0.25, 0.3) is 5.60 Å². The van der Waals surface area contributed by atoms with Gasteiger partial charge in [0, 0.05) is 12.3 Å². The highest BCUT2D eigenvalue weighted by Crippen LogP contribution is 2.61. The zero-order chi connectivity index (χ0) is 25.5. The molecule has 2 aliphatic rings. The minimum Gasteiger partial charge on any atom is -0.390 e. The lowest BCUT2D eigenvalue weighted by Gasteiger charge is -2.48. The number of carbonyl (C=O) groups excluding carboxylic acids is 1. The van der Waals surface area contributed by atoms with Crippen LogP contribution in [0.1, 0.15) is 85.5 Å². The van der Waals surface area contributed by atoms with Crippen LogP contribution in [0.2, 0.25) is 0 Å². The molecule has 9 heteroatoms. The van der Waals surface area contributed by atoms with E-state index < -0.39 is 29.0 Å². The molecule has 0 heterocycles. The Balaban J connectivity index is 2.36. The Morgan fingerprint density at radius 3 is 2.09 bits per heavy atom. The van der Waals surface area contributed by atoms with E-state index in [4.69, 9.17) is 0 Å². The molecule has 0 aliphatic heterocycles. The van der Waals surface area contributed by atoms with Crippen LogP contribution in [0, 0.1) is 22.7 Å². The molecule has 33 heavy (non-hydrogen) atoms. The zero-order valence-corrected chi connectivity index (χ0v) is 19.7. The van der Waals surface area contributed by atoms with Gasteiger partial charge >= 0.3 is 12.4 Å². The summed E-state index contributed by atoms with van der Waals surface area (Å²) in [5, 5.41) is 19.6. The van der Waals surface area contributed by atoms with E-state index in [1.54, 1.807) is 13.8 Å². The van der Waals surface area contributed by atoms with E-state index in [-0.39, 0.29) is 35.5 Å². The Hall–Kier alpha value is -1.09.